The first-order valence-electron chi connectivity index (χ1n) is 7.45. The average molecular weight is 265 g/mol. The molecule has 19 heavy (non-hydrogen) atoms. The molecule has 2 N–H and O–H groups in total. The standard InChI is InChI=1S/C14H23N3O2/c1-9-6-12(9)17-8-11(7-13(17)18)16-14(19)10-2-4-15-5-3-10/h9-12,15H,2-8H2,1H3,(H,16,19)/t9-,11+,12+/m1/s1. The molecule has 5 heteroatoms. The Balaban J connectivity index is 1.50. The molecular weight excluding hydrogens is 242 g/mol. The second-order valence-electron chi connectivity index (χ2n) is 6.26. The minimum absolute atomic E-state index is 0.0303. The first kappa shape index (κ1) is 12.9. The molecule has 0 aromatic heterocycles. The number of nitrogens with one attached hydrogen (secondary N) is 2. The van der Waals surface area contributed by atoms with Crippen molar-refractivity contribution in [3.05, 3.63) is 0 Å². The third-order valence-electron chi connectivity index (χ3n) is 4.68. The fourth-order valence-corrected chi connectivity index (χ4v) is 3.29. The SMILES string of the molecule is C[C@@H]1C[C@@H]1N1C[C@@H](NC(=O)C2CCNCC2)CC1=O. The van der Waals surface area contributed by atoms with Gasteiger partial charge in [0, 0.05) is 24.9 Å². The van der Waals surface area contributed by atoms with E-state index in [9.17, 15) is 9.59 Å². The molecule has 3 aliphatic rings. The minimum atomic E-state index is 0.0303. The van der Waals surface area contributed by atoms with Crippen LogP contribution in [0.25, 0.3) is 0 Å². The molecule has 2 aliphatic heterocycles. The van der Waals surface area contributed by atoms with Gasteiger partial charge in [0.05, 0.1) is 6.04 Å². The van der Waals surface area contributed by atoms with Crippen LogP contribution in [0.4, 0.5) is 0 Å². The van der Waals surface area contributed by atoms with E-state index in [0.717, 1.165) is 32.4 Å². The summed E-state index contributed by atoms with van der Waals surface area (Å²) in [6.07, 6.45) is 3.44. The van der Waals surface area contributed by atoms with Gasteiger partial charge in [-0.15, -0.1) is 0 Å². The van der Waals surface area contributed by atoms with Gasteiger partial charge < -0.3 is 15.5 Å². The summed E-state index contributed by atoms with van der Waals surface area (Å²) in [4.78, 5) is 26.1. The zero-order valence-electron chi connectivity index (χ0n) is 11.5. The summed E-state index contributed by atoms with van der Waals surface area (Å²) in [5.41, 5.74) is 0. The molecule has 3 rings (SSSR count). The van der Waals surface area contributed by atoms with Crippen molar-refractivity contribution in [3.63, 3.8) is 0 Å². The van der Waals surface area contributed by atoms with Crippen LogP contribution in [0.15, 0.2) is 0 Å². The van der Waals surface area contributed by atoms with Gasteiger partial charge in [-0.2, -0.15) is 0 Å². The van der Waals surface area contributed by atoms with Crippen LogP contribution >= 0.6 is 0 Å². The average Bonchev–Trinajstić information content (AvgIpc) is 3.02. The fourth-order valence-electron chi connectivity index (χ4n) is 3.29. The highest BCUT2D eigenvalue weighted by Crippen LogP contribution is 2.37. The predicted octanol–water partition coefficient (Wildman–Crippen LogP) is 0.112. The summed E-state index contributed by atoms with van der Waals surface area (Å²) < 4.78 is 0. The molecule has 0 unspecified atom stereocenters. The maximum absolute atomic E-state index is 12.1. The molecule has 106 valence electrons. The van der Waals surface area contributed by atoms with Crippen LogP contribution in [0.3, 0.4) is 0 Å². The van der Waals surface area contributed by atoms with Gasteiger partial charge in [-0.3, -0.25) is 9.59 Å². The first-order chi connectivity index (χ1) is 9.15. The molecule has 0 spiro atoms. The number of rotatable bonds is 3. The molecule has 1 saturated carbocycles. The van der Waals surface area contributed by atoms with E-state index in [1.54, 1.807) is 0 Å². The minimum Gasteiger partial charge on any atom is -0.351 e. The van der Waals surface area contributed by atoms with Crippen molar-refractivity contribution in [1.82, 2.24) is 15.5 Å². The quantitative estimate of drug-likeness (QED) is 0.761. The second kappa shape index (κ2) is 5.12. The maximum atomic E-state index is 12.1. The Morgan fingerprint density at radius 1 is 1.37 bits per heavy atom. The molecule has 0 aromatic rings. The monoisotopic (exact) mass is 265 g/mol. The summed E-state index contributed by atoms with van der Waals surface area (Å²) in [7, 11) is 0. The lowest BCUT2D eigenvalue weighted by Crippen LogP contribution is -2.43. The number of likely N-dealkylation sites (tertiary alicyclic amines) is 1. The van der Waals surface area contributed by atoms with Gasteiger partial charge in [0.1, 0.15) is 0 Å². The van der Waals surface area contributed by atoms with Gasteiger partial charge in [0.2, 0.25) is 11.8 Å². The van der Waals surface area contributed by atoms with Gasteiger partial charge in [0.25, 0.3) is 0 Å². The van der Waals surface area contributed by atoms with Crippen LogP contribution < -0.4 is 10.6 Å². The van der Waals surface area contributed by atoms with Gasteiger partial charge in [-0.05, 0) is 38.3 Å². The molecule has 0 aromatic carbocycles. The zero-order chi connectivity index (χ0) is 13.4. The molecule has 2 heterocycles. The van der Waals surface area contributed by atoms with Crippen LogP contribution in [0.1, 0.15) is 32.6 Å². The number of carbonyl (C=O) groups is 2. The Morgan fingerprint density at radius 3 is 2.68 bits per heavy atom. The molecule has 0 radical (unpaired) electrons. The van der Waals surface area contributed by atoms with E-state index in [1.807, 2.05) is 4.90 Å². The summed E-state index contributed by atoms with van der Waals surface area (Å²) in [6.45, 7) is 4.74. The number of amides is 2. The summed E-state index contributed by atoms with van der Waals surface area (Å²) in [5.74, 6) is 1.13. The smallest absolute Gasteiger partial charge is 0.225 e. The van der Waals surface area contributed by atoms with Crippen LogP contribution in [-0.4, -0.2) is 48.4 Å². The van der Waals surface area contributed by atoms with E-state index in [2.05, 4.69) is 17.6 Å². The van der Waals surface area contributed by atoms with Gasteiger partial charge in [0.15, 0.2) is 0 Å². The van der Waals surface area contributed by atoms with E-state index in [4.69, 9.17) is 0 Å². The molecule has 5 nitrogen and oxygen atoms in total. The number of carbonyl (C=O) groups excluding carboxylic acids is 2. The van der Waals surface area contributed by atoms with Crippen molar-refractivity contribution in [1.29, 1.82) is 0 Å². The van der Waals surface area contributed by atoms with E-state index in [1.165, 1.54) is 0 Å². The first-order valence-corrected chi connectivity index (χ1v) is 7.45. The van der Waals surface area contributed by atoms with E-state index >= 15 is 0 Å². The highest BCUT2D eigenvalue weighted by molar-refractivity contribution is 5.83. The van der Waals surface area contributed by atoms with Crippen molar-refractivity contribution < 1.29 is 9.59 Å². The van der Waals surface area contributed by atoms with Crippen LogP contribution in [0, 0.1) is 11.8 Å². The molecule has 2 amide bonds. The lowest BCUT2D eigenvalue weighted by Gasteiger charge is -2.23. The number of hydrogen-bond acceptors (Lipinski definition) is 3. The second-order valence-corrected chi connectivity index (χ2v) is 6.26. The van der Waals surface area contributed by atoms with Crippen molar-refractivity contribution in [2.45, 2.75) is 44.7 Å². The summed E-state index contributed by atoms with van der Waals surface area (Å²) in [5, 5.41) is 6.34. The normalized spacial score (nSPS) is 35.5. The summed E-state index contributed by atoms with van der Waals surface area (Å²) in [6, 6.07) is 0.468. The van der Waals surface area contributed by atoms with Crippen LogP contribution in [-0.2, 0) is 9.59 Å². The highest BCUT2D eigenvalue weighted by atomic mass is 16.2. The Bertz CT molecular complexity index is 379. The fraction of sp³-hybridized carbons (Fsp3) is 0.857. The summed E-state index contributed by atoms with van der Waals surface area (Å²) >= 11 is 0. The third kappa shape index (κ3) is 2.76. The lowest BCUT2D eigenvalue weighted by molar-refractivity contribution is -0.128. The molecule has 0 bridgehead atoms. The Labute approximate surface area is 114 Å². The number of piperidine rings is 1. The Kier molecular flexibility index (Phi) is 3.48. The Hall–Kier alpha value is -1.10. The van der Waals surface area contributed by atoms with Gasteiger partial charge in [-0.1, -0.05) is 6.92 Å². The molecule has 2 saturated heterocycles. The molecular formula is C14H23N3O2. The predicted molar refractivity (Wildman–Crippen MR) is 71.4 cm³/mol. The molecule has 1 aliphatic carbocycles. The topological polar surface area (TPSA) is 61.4 Å². The number of hydrogen-bond donors (Lipinski definition) is 2. The van der Waals surface area contributed by atoms with Crippen LogP contribution in [0.5, 0.6) is 0 Å². The van der Waals surface area contributed by atoms with Crippen molar-refractivity contribution in [3.8, 4) is 0 Å². The Morgan fingerprint density at radius 2 is 2.05 bits per heavy atom. The van der Waals surface area contributed by atoms with E-state index < -0.39 is 0 Å². The third-order valence-corrected chi connectivity index (χ3v) is 4.68. The van der Waals surface area contributed by atoms with Gasteiger partial charge >= 0.3 is 0 Å². The zero-order valence-corrected chi connectivity index (χ0v) is 11.5. The largest absolute Gasteiger partial charge is 0.351 e. The van der Waals surface area contributed by atoms with E-state index in [0.29, 0.717) is 24.9 Å². The van der Waals surface area contributed by atoms with Crippen molar-refractivity contribution >= 4 is 11.8 Å². The maximum Gasteiger partial charge on any atom is 0.225 e. The van der Waals surface area contributed by atoms with Gasteiger partial charge in [-0.25, -0.2) is 0 Å². The van der Waals surface area contributed by atoms with Crippen LogP contribution in [0.2, 0.25) is 0 Å². The highest BCUT2D eigenvalue weighted by Gasteiger charge is 2.45. The van der Waals surface area contributed by atoms with E-state index in [-0.39, 0.29) is 23.8 Å². The van der Waals surface area contributed by atoms with Crippen molar-refractivity contribution in [2.75, 3.05) is 19.6 Å². The van der Waals surface area contributed by atoms with Crippen molar-refractivity contribution in [2.24, 2.45) is 11.8 Å². The number of nitrogens with zero attached hydrogens (tertiary/aromatic N) is 1. The lowest BCUT2D eigenvalue weighted by atomic mass is 9.97. The molecule has 3 atom stereocenters. The molecule has 3 fully saturated rings.